The largest absolute Gasteiger partial charge is 0.480 e. The second kappa shape index (κ2) is 20.2. The third-order valence-electron chi connectivity index (χ3n) is 6.00. The average Bonchev–Trinajstić information content (AvgIpc) is 2.82. The van der Waals surface area contributed by atoms with Crippen molar-refractivity contribution in [3.63, 3.8) is 0 Å². The highest BCUT2D eigenvalue weighted by atomic mass is 16.4. The molecule has 8 N–H and O–H groups in total. The molecule has 0 aromatic rings. The van der Waals surface area contributed by atoms with Crippen molar-refractivity contribution in [1.82, 2.24) is 20.0 Å². The van der Waals surface area contributed by atoms with Gasteiger partial charge < -0.3 is 36.6 Å². The minimum absolute atomic E-state index is 0.138. The number of ketones is 1. The van der Waals surface area contributed by atoms with Gasteiger partial charge in [0.15, 0.2) is 0 Å². The van der Waals surface area contributed by atoms with E-state index in [1.54, 1.807) is 0 Å². The number of carboxylic acid groups (broad SMARTS) is 5. The van der Waals surface area contributed by atoms with E-state index < -0.39 is 74.0 Å². The second-order valence-electron chi connectivity index (χ2n) is 9.49. The van der Waals surface area contributed by atoms with Gasteiger partial charge in [-0.3, -0.25) is 48.3 Å². The number of rotatable bonds is 25. The molecule has 234 valence electrons. The number of amides is 1. The van der Waals surface area contributed by atoms with Gasteiger partial charge in [0.2, 0.25) is 5.91 Å². The molecular weight excluding hydrogens is 550 g/mol. The van der Waals surface area contributed by atoms with Crippen LogP contribution in [0.2, 0.25) is 0 Å². The highest BCUT2D eigenvalue weighted by Crippen LogP contribution is 2.10. The lowest BCUT2D eigenvalue weighted by molar-refractivity contribution is -0.146. The molecule has 0 aliphatic rings. The van der Waals surface area contributed by atoms with Gasteiger partial charge in [-0.1, -0.05) is 0 Å². The smallest absolute Gasteiger partial charge is 0.320 e. The molecule has 0 aromatic heterocycles. The second-order valence-corrected chi connectivity index (χ2v) is 9.49. The molecule has 17 heteroatoms. The zero-order chi connectivity index (χ0) is 31.5. The minimum Gasteiger partial charge on any atom is -0.480 e. The highest BCUT2D eigenvalue weighted by Gasteiger charge is 2.28. The average molecular weight is 592 g/mol. The number of carbonyl (C=O) groups excluding carboxylic acids is 2. The topological polar surface area (TPSA) is 268 Å². The lowest BCUT2D eigenvalue weighted by atomic mass is 10.1. The molecule has 0 spiro atoms. The standard InChI is InChI=1S/C24H41N5O12/c1-16(30)17(25)4-2-3-7-26-19(31)6-5-18(24(40)41)29(10-8-27(12-20(32)33)13-21(34)35)11-9-28(14-22(36)37)15-23(38)39/h17-18H,2-15,25H2,1H3,(H,26,31)(H,32,33)(H,34,35)(H,36,37)(H,38,39)(H,40,41)/t17-,18-/m0/s1. The van der Waals surface area contributed by atoms with Gasteiger partial charge >= 0.3 is 29.8 Å². The molecule has 0 aliphatic carbocycles. The summed E-state index contributed by atoms with van der Waals surface area (Å²) in [4.78, 5) is 83.7. The van der Waals surface area contributed by atoms with Gasteiger partial charge in [-0.15, -0.1) is 0 Å². The van der Waals surface area contributed by atoms with Gasteiger partial charge in [0.25, 0.3) is 0 Å². The van der Waals surface area contributed by atoms with Gasteiger partial charge in [-0.2, -0.15) is 0 Å². The SMILES string of the molecule is CC(=O)[C@@H](N)CCCCNC(=O)CC[C@@H](C(=O)O)N(CCN(CC(=O)O)CC(=O)O)CCN(CC(=O)O)CC(=O)O. The van der Waals surface area contributed by atoms with Gasteiger partial charge in [0.1, 0.15) is 11.8 Å². The number of unbranched alkanes of at least 4 members (excludes halogenated alkanes) is 1. The summed E-state index contributed by atoms with van der Waals surface area (Å²) in [5.74, 6) is -7.13. The highest BCUT2D eigenvalue weighted by molar-refractivity contribution is 5.81. The summed E-state index contributed by atoms with van der Waals surface area (Å²) in [5, 5.41) is 48.9. The maximum atomic E-state index is 12.3. The van der Waals surface area contributed by atoms with Crippen LogP contribution in [0.15, 0.2) is 0 Å². The summed E-state index contributed by atoms with van der Waals surface area (Å²) in [6, 6.07) is -1.88. The lowest BCUT2D eigenvalue weighted by Gasteiger charge is -2.32. The normalized spacial score (nSPS) is 12.7. The Morgan fingerprint density at radius 3 is 1.49 bits per heavy atom. The van der Waals surface area contributed by atoms with Crippen LogP contribution in [-0.4, -0.2) is 153 Å². The van der Waals surface area contributed by atoms with E-state index in [0.717, 1.165) is 9.80 Å². The van der Waals surface area contributed by atoms with Crippen LogP contribution in [0.5, 0.6) is 0 Å². The summed E-state index contributed by atoms with van der Waals surface area (Å²) in [6.07, 6.45) is 1.21. The number of hydrogen-bond donors (Lipinski definition) is 7. The fraction of sp³-hybridized carbons (Fsp3) is 0.708. The third kappa shape index (κ3) is 19.1. The number of carboxylic acids is 5. The van der Waals surface area contributed by atoms with E-state index >= 15 is 0 Å². The zero-order valence-corrected chi connectivity index (χ0v) is 23.1. The molecule has 17 nitrogen and oxygen atoms in total. The fourth-order valence-electron chi connectivity index (χ4n) is 3.90. The van der Waals surface area contributed by atoms with Gasteiger partial charge in [0, 0.05) is 39.1 Å². The fourth-order valence-corrected chi connectivity index (χ4v) is 3.90. The Balaban J connectivity index is 5.44. The number of Topliss-reactive ketones (excluding diaryl/α,β-unsaturated/α-hetero) is 1. The summed E-state index contributed by atoms with van der Waals surface area (Å²) in [5.41, 5.74) is 5.66. The van der Waals surface area contributed by atoms with Crippen LogP contribution in [0, 0.1) is 0 Å². The molecule has 0 saturated carbocycles. The predicted octanol–water partition coefficient (Wildman–Crippen LogP) is -2.33. The van der Waals surface area contributed by atoms with E-state index in [1.807, 2.05) is 0 Å². The van der Waals surface area contributed by atoms with Crippen molar-refractivity contribution in [2.45, 2.75) is 51.1 Å². The summed E-state index contributed by atoms with van der Waals surface area (Å²) in [7, 11) is 0. The Morgan fingerprint density at radius 2 is 1.12 bits per heavy atom. The molecule has 0 unspecified atom stereocenters. The van der Waals surface area contributed by atoms with Crippen LogP contribution in [-0.2, 0) is 33.6 Å². The van der Waals surface area contributed by atoms with Crippen molar-refractivity contribution in [3.05, 3.63) is 0 Å². The predicted molar refractivity (Wildman–Crippen MR) is 141 cm³/mol. The van der Waals surface area contributed by atoms with Crippen LogP contribution in [0.3, 0.4) is 0 Å². The molecule has 0 radical (unpaired) electrons. The van der Waals surface area contributed by atoms with Crippen molar-refractivity contribution >= 4 is 41.5 Å². The molecule has 41 heavy (non-hydrogen) atoms. The number of aliphatic carboxylic acids is 5. The first kappa shape index (κ1) is 37.3. The molecule has 1 amide bonds. The van der Waals surface area contributed by atoms with E-state index in [0.29, 0.717) is 19.3 Å². The molecule has 0 fully saturated rings. The Labute approximate surface area is 236 Å². The number of nitrogens with one attached hydrogen (secondary N) is 1. The van der Waals surface area contributed by atoms with E-state index in [1.165, 1.54) is 11.8 Å². The Bertz CT molecular complexity index is 843. The van der Waals surface area contributed by atoms with Crippen molar-refractivity contribution in [2.24, 2.45) is 5.73 Å². The van der Waals surface area contributed by atoms with E-state index in [9.17, 15) is 38.7 Å². The molecule has 0 rings (SSSR count). The number of hydrogen-bond acceptors (Lipinski definition) is 11. The lowest BCUT2D eigenvalue weighted by Crippen LogP contribution is -2.50. The summed E-state index contributed by atoms with van der Waals surface area (Å²) in [6.45, 7) is -1.58. The molecule has 0 aliphatic heterocycles. The first-order valence-corrected chi connectivity index (χ1v) is 12.9. The van der Waals surface area contributed by atoms with Crippen molar-refractivity contribution in [3.8, 4) is 0 Å². The zero-order valence-electron chi connectivity index (χ0n) is 23.1. The summed E-state index contributed by atoms with van der Waals surface area (Å²) < 4.78 is 0. The number of nitrogens with zero attached hydrogens (tertiary/aromatic N) is 3. The molecule has 0 aromatic carbocycles. The quantitative estimate of drug-likeness (QED) is 0.0548. The number of nitrogens with two attached hydrogens (primary N) is 1. The molecule has 0 heterocycles. The maximum Gasteiger partial charge on any atom is 0.320 e. The minimum atomic E-state index is -1.33. The monoisotopic (exact) mass is 591 g/mol. The van der Waals surface area contributed by atoms with Crippen LogP contribution < -0.4 is 11.1 Å². The van der Waals surface area contributed by atoms with Crippen LogP contribution >= 0.6 is 0 Å². The van der Waals surface area contributed by atoms with Gasteiger partial charge in [-0.25, -0.2) is 0 Å². The first-order chi connectivity index (χ1) is 19.1. The van der Waals surface area contributed by atoms with Crippen LogP contribution in [0.4, 0.5) is 0 Å². The van der Waals surface area contributed by atoms with Gasteiger partial charge in [0.05, 0.1) is 32.2 Å². The van der Waals surface area contributed by atoms with Crippen molar-refractivity contribution < 1.29 is 59.1 Å². The third-order valence-corrected chi connectivity index (χ3v) is 6.00. The molecule has 0 saturated heterocycles. The summed E-state index contributed by atoms with van der Waals surface area (Å²) >= 11 is 0. The molecular formula is C24H41N5O12. The van der Waals surface area contributed by atoms with Crippen LogP contribution in [0.1, 0.15) is 39.0 Å². The maximum absolute atomic E-state index is 12.3. The Hall–Kier alpha value is -3.67. The van der Waals surface area contributed by atoms with Gasteiger partial charge in [-0.05, 0) is 32.6 Å². The molecule has 0 bridgehead atoms. The Morgan fingerprint density at radius 1 is 0.683 bits per heavy atom. The Kier molecular flexibility index (Phi) is 18.4. The number of carbonyl (C=O) groups is 7. The van der Waals surface area contributed by atoms with E-state index in [4.69, 9.17) is 26.2 Å². The van der Waals surface area contributed by atoms with E-state index in [2.05, 4.69) is 5.32 Å². The van der Waals surface area contributed by atoms with Crippen LogP contribution in [0.25, 0.3) is 0 Å². The van der Waals surface area contributed by atoms with E-state index in [-0.39, 0.29) is 51.3 Å². The molecule has 2 atom stereocenters. The first-order valence-electron chi connectivity index (χ1n) is 12.9. The van der Waals surface area contributed by atoms with Crippen molar-refractivity contribution in [1.29, 1.82) is 0 Å². The van der Waals surface area contributed by atoms with Crippen molar-refractivity contribution in [2.75, 3.05) is 58.9 Å².